The highest BCUT2D eigenvalue weighted by Gasteiger charge is 2.24. The molecule has 2 amide bonds. The lowest BCUT2D eigenvalue weighted by atomic mass is 10.1. The minimum atomic E-state index is 0.0187. The number of nitrogens with one attached hydrogen (secondary N) is 1. The predicted molar refractivity (Wildman–Crippen MR) is 108 cm³/mol. The summed E-state index contributed by atoms with van der Waals surface area (Å²) in [4.78, 5) is 28.8. The van der Waals surface area contributed by atoms with Gasteiger partial charge in [0.1, 0.15) is 0 Å². The highest BCUT2D eigenvalue weighted by atomic mass is 16.2. The van der Waals surface area contributed by atoms with Crippen molar-refractivity contribution in [1.82, 2.24) is 24.9 Å². The topological polar surface area (TPSA) is 70.5 Å². The second-order valence-corrected chi connectivity index (χ2v) is 7.37. The Morgan fingerprint density at radius 3 is 2.36 bits per heavy atom. The average molecular weight is 383 g/mol. The lowest BCUT2D eigenvalue weighted by Crippen LogP contribution is -2.51. The number of amides is 2. The minimum absolute atomic E-state index is 0.0187. The third kappa shape index (κ3) is 4.98. The Kier molecular flexibility index (Phi) is 6.46. The van der Waals surface area contributed by atoms with Crippen molar-refractivity contribution in [3.63, 3.8) is 0 Å². The number of hydrogen-bond acceptors (Lipinski definition) is 4. The van der Waals surface area contributed by atoms with Gasteiger partial charge in [0.15, 0.2) is 0 Å². The molecule has 1 fully saturated rings. The van der Waals surface area contributed by atoms with Crippen LogP contribution in [0, 0.1) is 13.8 Å². The third-order valence-electron chi connectivity index (χ3n) is 5.41. The lowest BCUT2D eigenvalue weighted by molar-refractivity contribution is -0.132. The molecule has 0 spiro atoms. The highest BCUT2D eigenvalue weighted by Crippen LogP contribution is 2.14. The Hall–Kier alpha value is -2.67. The summed E-state index contributed by atoms with van der Waals surface area (Å²) >= 11 is 0. The molecule has 0 aliphatic carbocycles. The van der Waals surface area contributed by atoms with Crippen LogP contribution in [0.25, 0.3) is 0 Å². The Bertz CT molecular complexity index is 823. The second kappa shape index (κ2) is 9.01. The number of aryl methyl sites for hydroxylation is 2. The summed E-state index contributed by atoms with van der Waals surface area (Å²) in [6.07, 6.45) is 0.392. The van der Waals surface area contributed by atoms with Gasteiger partial charge in [-0.05, 0) is 19.4 Å². The van der Waals surface area contributed by atoms with Crippen molar-refractivity contribution in [3.8, 4) is 0 Å². The van der Waals surface area contributed by atoms with Gasteiger partial charge in [0.25, 0.3) is 0 Å². The molecule has 1 aromatic heterocycles. The van der Waals surface area contributed by atoms with Crippen molar-refractivity contribution >= 4 is 11.8 Å². The zero-order chi connectivity index (χ0) is 20.1. The van der Waals surface area contributed by atoms with Crippen molar-refractivity contribution in [2.75, 3.05) is 32.7 Å². The fourth-order valence-electron chi connectivity index (χ4n) is 3.55. The van der Waals surface area contributed by atoms with Gasteiger partial charge in [-0.3, -0.25) is 19.2 Å². The Labute approximate surface area is 166 Å². The number of carbonyl (C=O) groups excluding carboxylic acids is 2. The number of aromatic nitrogens is 2. The van der Waals surface area contributed by atoms with E-state index in [2.05, 4.69) is 15.3 Å². The van der Waals surface area contributed by atoms with E-state index in [-0.39, 0.29) is 11.8 Å². The highest BCUT2D eigenvalue weighted by molar-refractivity contribution is 5.80. The first-order valence-electron chi connectivity index (χ1n) is 9.74. The van der Waals surface area contributed by atoms with Gasteiger partial charge in [-0.2, -0.15) is 5.10 Å². The molecule has 7 heteroatoms. The maximum Gasteiger partial charge on any atom is 0.234 e. The number of benzene rings is 1. The molecule has 0 bridgehead atoms. The molecule has 0 atom stereocenters. The van der Waals surface area contributed by atoms with Crippen LogP contribution in [0.2, 0.25) is 0 Å². The summed E-state index contributed by atoms with van der Waals surface area (Å²) in [6, 6.07) is 9.88. The summed E-state index contributed by atoms with van der Waals surface area (Å²) in [6.45, 7) is 7.60. The lowest BCUT2D eigenvalue weighted by Gasteiger charge is -2.34. The van der Waals surface area contributed by atoms with E-state index in [9.17, 15) is 9.59 Å². The summed E-state index contributed by atoms with van der Waals surface area (Å²) in [5.74, 6) is 0.151. The van der Waals surface area contributed by atoms with Crippen LogP contribution in [0.4, 0.5) is 0 Å². The molecular formula is C21H29N5O2. The van der Waals surface area contributed by atoms with Crippen LogP contribution in [0.5, 0.6) is 0 Å². The second-order valence-electron chi connectivity index (χ2n) is 7.37. The Morgan fingerprint density at radius 2 is 1.75 bits per heavy atom. The van der Waals surface area contributed by atoms with Crippen LogP contribution in [0.15, 0.2) is 30.3 Å². The van der Waals surface area contributed by atoms with Crippen LogP contribution in [0.1, 0.15) is 22.5 Å². The third-order valence-corrected chi connectivity index (χ3v) is 5.41. The molecule has 28 heavy (non-hydrogen) atoms. The van der Waals surface area contributed by atoms with Crippen molar-refractivity contribution in [3.05, 3.63) is 52.8 Å². The average Bonchev–Trinajstić information content (AvgIpc) is 2.94. The summed E-state index contributed by atoms with van der Waals surface area (Å²) in [5, 5.41) is 7.34. The van der Waals surface area contributed by atoms with Gasteiger partial charge in [0, 0.05) is 51.0 Å². The van der Waals surface area contributed by atoms with E-state index in [0.29, 0.717) is 32.6 Å². The van der Waals surface area contributed by atoms with Crippen LogP contribution in [-0.4, -0.2) is 64.1 Å². The normalized spacial score (nSPS) is 14.9. The van der Waals surface area contributed by atoms with Crippen LogP contribution < -0.4 is 5.32 Å². The molecule has 2 aromatic rings. The van der Waals surface area contributed by atoms with Gasteiger partial charge >= 0.3 is 0 Å². The number of nitrogens with zero attached hydrogens (tertiary/aromatic N) is 4. The predicted octanol–water partition coefficient (Wildman–Crippen LogP) is 1.04. The van der Waals surface area contributed by atoms with Crippen molar-refractivity contribution in [1.29, 1.82) is 0 Å². The molecule has 1 aliphatic heterocycles. The molecule has 0 unspecified atom stereocenters. The summed E-state index contributed by atoms with van der Waals surface area (Å²) in [7, 11) is 1.90. The van der Waals surface area contributed by atoms with E-state index in [1.165, 1.54) is 0 Å². The van der Waals surface area contributed by atoms with Gasteiger partial charge < -0.3 is 10.2 Å². The fraction of sp³-hybridized carbons (Fsp3) is 0.476. The monoisotopic (exact) mass is 383 g/mol. The first-order valence-corrected chi connectivity index (χ1v) is 9.74. The number of hydrogen-bond donors (Lipinski definition) is 1. The maximum absolute atomic E-state index is 12.7. The zero-order valence-electron chi connectivity index (χ0n) is 16.9. The van der Waals surface area contributed by atoms with Crippen LogP contribution in [0.3, 0.4) is 0 Å². The Balaban J connectivity index is 1.42. The van der Waals surface area contributed by atoms with Crippen LogP contribution >= 0.6 is 0 Å². The largest absolute Gasteiger partial charge is 0.351 e. The smallest absolute Gasteiger partial charge is 0.234 e. The molecule has 1 aliphatic rings. The first kappa shape index (κ1) is 20.1. The van der Waals surface area contributed by atoms with E-state index >= 15 is 0 Å². The molecule has 2 heterocycles. The van der Waals surface area contributed by atoms with E-state index in [4.69, 9.17) is 0 Å². The van der Waals surface area contributed by atoms with E-state index in [0.717, 1.165) is 35.6 Å². The SMILES string of the molecule is Cc1nn(C)c(C)c1CC(=O)N1CCN(CC(=O)NCc2ccccc2)CC1. The molecule has 1 saturated heterocycles. The molecule has 0 saturated carbocycles. The molecular weight excluding hydrogens is 354 g/mol. The molecule has 150 valence electrons. The quantitative estimate of drug-likeness (QED) is 0.809. The first-order chi connectivity index (χ1) is 13.4. The fourth-order valence-corrected chi connectivity index (χ4v) is 3.55. The van der Waals surface area contributed by atoms with Gasteiger partial charge in [-0.15, -0.1) is 0 Å². The summed E-state index contributed by atoms with van der Waals surface area (Å²) in [5.41, 5.74) is 4.07. The summed E-state index contributed by atoms with van der Waals surface area (Å²) < 4.78 is 1.82. The molecule has 0 radical (unpaired) electrons. The molecule has 1 N–H and O–H groups in total. The van der Waals surface area contributed by atoms with Gasteiger partial charge in [-0.1, -0.05) is 30.3 Å². The van der Waals surface area contributed by atoms with Gasteiger partial charge in [-0.25, -0.2) is 0 Å². The zero-order valence-corrected chi connectivity index (χ0v) is 16.9. The molecule has 7 nitrogen and oxygen atoms in total. The van der Waals surface area contributed by atoms with E-state index < -0.39 is 0 Å². The molecule has 3 rings (SSSR count). The molecule has 1 aromatic carbocycles. The maximum atomic E-state index is 12.7. The standard InChI is InChI=1S/C21H29N5O2/c1-16-19(17(2)24(3)23-16)13-21(28)26-11-9-25(10-12-26)15-20(27)22-14-18-7-5-4-6-8-18/h4-8H,9-15H2,1-3H3,(H,22,27). The number of rotatable bonds is 6. The van der Waals surface area contributed by atoms with Crippen molar-refractivity contribution in [2.45, 2.75) is 26.8 Å². The minimum Gasteiger partial charge on any atom is -0.351 e. The van der Waals surface area contributed by atoms with Gasteiger partial charge in [0.05, 0.1) is 18.7 Å². The van der Waals surface area contributed by atoms with Crippen molar-refractivity contribution < 1.29 is 9.59 Å². The van der Waals surface area contributed by atoms with Crippen LogP contribution in [-0.2, 0) is 29.6 Å². The van der Waals surface area contributed by atoms with E-state index in [1.807, 2.05) is 60.8 Å². The van der Waals surface area contributed by atoms with Crippen molar-refractivity contribution in [2.24, 2.45) is 7.05 Å². The number of piperazine rings is 1. The van der Waals surface area contributed by atoms with E-state index in [1.54, 1.807) is 0 Å². The number of carbonyl (C=O) groups is 2. The van der Waals surface area contributed by atoms with Gasteiger partial charge in [0.2, 0.25) is 11.8 Å². The Morgan fingerprint density at radius 1 is 1.07 bits per heavy atom.